The maximum atomic E-state index is 12.1. The van der Waals surface area contributed by atoms with Crippen molar-refractivity contribution in [2.45, 2.75) is 19.8 Å². The molecular weight excluding hydrogens is 523 g/mol. The minimum atomic E-state index is -3.17. The summed E-state index contributed by atoms with van der Waals surface area (Å²) in [6.07, 6.45) is 4.68. The smallest absolute Gasteiger partial charge is 0.337 e. The van der Waals surface area contributed by atoms with E-state index < -0.39 is 10.0 Å². The second-order valence-electron chi connectivity index (χ2n) is 6.65. The lowest BCUT2D eigenvalue weighted by Crippen LogP contribution is -2.33. The number of ether oxygens (including phenoxy) is 1. The van der Waals surface area contributed by atoms with Crippen LogP contribution in [0.3, 0.4) is 0 Å². The molecule has 32 heavy (non-hydrogen) atoms. The normalized spacial score (nSPS) is 15.0. The number of benzene rings is 1. The number of sulfonamides is 1. The van der Waals surface area contributed by atoms with Crippen LogP contribution in [0.2, 0.25) is 0 Å². The van der Waals surface area contributed by atoms with Gasteiger partial charge in [-0.15, -0.1) is 11.3 Å². The molecule has 0 atom stereocenters. The molecule has 1 aromatic carbocycles. The van der Waals surface area contributed by atoms with Crippen LogP contribution in [0.5, 0.6) is 0 Å². The van der Waals surface area contributed by atoms with Gasteiger partial charge in [0.15, 0.2) is 10.8 Å². The Balaban J connectivity index is 0.000000231. The van der Waals surface area contributed by atoms with Crippen LogP contribution in [0.4, 0.5) is 4.39 Å². The Kier molecular flexibility index (Phi) is 9.94. The number of allylic oxidation sites excluding steroid dienone is 1. The zero-order chi connectivity index (χ0) is 23.7. The van der Waals surface area contributed by atoms with Crippen LogP contribution in [0, 0.1) is 5.82 Å². The van der Waals surface area contributed by atoms with Crippen molar-refractivity contribution in [1.29, 1.82) is 0 Å². The third-order valence-electron chi connectivity index (χ3n) is 4.04. The summed E-state index contributed by atoms with van der Waals surface area (Å²) in [5.74, 6) is 0.460. The molecule has 0 aliphatic carbocycles. The summed E-state index contributed by atoms with van der Waals surface area (Å²) in [6.45, 7) is 3.53. The molecule has 1 saturated heterocycles. The fourth-order valence-electron chi connectivity index (χ4n) is 2.93. The van der Waals surface area contributed by atoms with Crippen molar-refractivity contribution in [3.63, 3.8) is 0 Å². The Morgan fingerprint density at radius 2 is 2.12 bits per heavy atom. The molecule has 0 amide bonds. The summed E-state index contributed by atoms with van der Waals surface area (Å²) in [4.78, 5) is 22.9. The van der Waals surface area contributed by atoms with Crippen LogP contribution in [0.25, 0.3) is 0 Å². The zero-order valence-corrected chi connectivity index (χ0v) is 20.8. The third-order valence-corrected chi connectivity index (χ3v) is 5.31. The number of nitrogens with zero attached hydrogens (tertiary/aromatic N) is 3. The van der Waals surface area contributed by atoms with Crippen molar-refractivity contribution in [3.8, 4) is 0 Å². The Morgan fingerprint density at radius 3 is 2.66 bits per heavy atom. The number of carbonyl (C=O) groups is 1. The predicted molar refractivity (Wildman–Crippen MR) is 126 cm³/mol. The quantitative estimate of drug-likeness (QED) is 0.590. The number of nitrogens with two attached hydrogens (primary N) is 1. The highest BCUT2D eigenvalue weighted by Gasteiger charge is 2.32. The highest BCUT2D eigenvalue weighted by molar-refractivity contribution is 9.10. The van der Waals surface area contributed by atoms with Crippen LogP contribution in [0.15, 0.2) is 56.6 Å². The van der Waals surface area contributed by atoms with Gasteiger partial charge in [-0.3, -0.25) is 4.99 Å². The molecule has 0 spiro atoms. The van der Waals surface area contributed by atoms with E-state index in [4.69, 9.17) is 4.74 Å². The minimum absolute atomic E-state index is 0.209. The number of hydrogen-bond acceptors (Lipinski definition) is 8. The van der Waals surface area contributed by atoms with Crippen LogP contribution in [-0.4, -0.2) is 56.1 Å². The van der Waals surface area contributed by atoms with Gasteiger partial charge in [0.1, 0.15) is 5.82 Å². The van der Waals surface area contributed by atoms with Crippen molar-refractivity contribution >= 4 is 49.1 Å². The molecule has 4 rings (SSSR count). The molecule has 2 aliphatic rings. The number of thiazole rings is 1. The van der Waals surface area contributed by atoms with Crippen molar-refractivity contribution < 1.29 is 22.3 Å². The van der Waals surface area contributed by atoms with E-state index >= 15 is 0 Å². The molecule has 3 heterocycles. The van der Waals surface area contributed by atoms with E-state index in [1.807, 2.05) is 12.3 Å². The van der Waals surface area contributed by atoms with Crippen molar-refractivity contribution in [2.24, 2.45) is 10.1 Å². The van der Waals surface area contributed by atoms with Gasteiger partial charge < -0.3 is 9.64 Å². The lowest BCUT2D eigenvalue weighted by atomic mass is 10.1. The van der Waals surface area contributed by atoms with Gasteiger partial charge in [-0.2, -0.15) is 0 Å². The fraction of sp³-hybridized carbons (Fsp3) is 0.350. The van der Waals surface area contributed by atoms with Gasteiger partial charge >= 0.3 is 5.97 Å². The molecule has 2 aliphatic heterocycles. The number of rotatable bonds is 3. The van der Waals surface area contributed by atoms with Crippen molar-refractivity contribution in [2.75, 3.05) is 26.0 Å². The fourth-order valence-corrected chi connectivity index (χ4v) is 3.95. The predicted octanol–water partition coefficient (Wildman–Crippen LogP) is 3.31. The van der Waals surface area contributed by atoms with E-state index in [-0.39, 0.29) is 11.8 Å². The SMILES string of the molecule is CCOC(=O)C1=C2CCCN2C(c2nccs2)=NC1.CS(N)(=O)=O.Fc1cccc(Br)c1. The molecule has 12 heteroatoms. The first-order valence-electron chi connectivity index (χ1n) is 9.60. The lowest BCUT2D eigenvalue weighted by Gasteiger charge is -2.26. The number of aliphatic imine (C=N–C) groups is 1. The summed E-state index contributed by atoms with van der Waals surface area (Å²) >= 11 is 4.70. The Labute approximate surface area is 199 Å². The summed E-state index contributed by atoms with van der Waals surface area (Å²) in [5.41, 5.74) is 1.78. The molecule has 0 saturated carbocycles. The molecule has 174 valence electrons. The average Bonchev–Trinajstić information content (AvgIpc) is 3.39. The third kappa shape index (κ3) is 8.41. The van der Waals surface area contributed by atoms with Gasteiger partial charge in [-0.1, -0.05) is 22.0 Å². The first-order valence-corrected chi connectivity index (χ1v) is 13.2. The second kappa shape index (κ2) is 12.2. The van der Waals surface area contributed by atoms with Crippen molar-refractivity contribution in [3.05, 3.63) is 62.4 Å². The number of fused-ring (bicyclic) bond motifs is 1. The Hall–Kier alpha value is -2.15. The maximum Gasteiger partial charge on any atom is 0.337 e. The highest BCUT2D eigenvalue weighted by Crippen LogP contribution is 2.31. The number of amidine groups is 1. The van der Waals surface area contributed by atoms with Gasteiger partial charge in [-0.05, 0) is 38.0 Å². The van der Waals surface area contributed by atoms with Crippen LogP contribution in [0.1, 0.15) is 24.8 Å². The van der Waals surface area contributed by atoms with Gasteiger partial charge in [-0.25, -0.2) is 27.7 Å². The minimum Gasteiger partial charge on any atom is -0.463 e. The van der Waals surface area contributed by atoms with Crippen LogP contribution >= 0.6 is 27.3 Å². The van der Waals surface area contributed by atoms with Crippen LogP contribution in [-0.2, 0) is 19.6 Å². The maximum absolute atomic E-state index is 12.1. The topological polar surface area (TPSA) is 115 Å². The number of esters is 1. The molecular formula is C20H24BrFN4O4S2. The number of carbonyl (C=O) groups excluding carboxylic acids is 1. The molecule has 2 N–H and O–H groups in total. The molecule has 1 aromatic heterocycles. The zero-order valence-electron chi connectivity index (χ0n) is 17.6. The Morgan fingerprint density at radius 1 is 1.41 bits per heavy atom. The number of aromatic nitrogens is 1. The largest absolute Gasteiger partial charge is 0.463 e. The molecule has 1 fully saturated rings. The molecule has 0 bridgehead atoms. The van der Waals surface area contributed by atoms with Gasteiger partial charge in [0.05, 0.1) is 25.0 Å². The van der Waals surface area contributed by atoms with Crippen molar-refractivity contribution in [1.82, 2.24) is 9.88 Å². The van der Waals surface area contributed by atoms with E-state index in [2.05, 4.69) is 35.9 Å². The molecule has 0 radical (unpaired) electrons. The van der Waals surface area contributed by atoms with Crippen LogP contribution < -0.4 is 5.14 Å². The summed E-state index contributed by atoms with van der Waals surface area (Å²) in [6, 6.07) is 6.26. The standard InChI is InChI=1S/C13H15N3O2S.C6H4BrF.CH5NO2S/c1-2-18-13(17)9-8-15-11(12-14-5-7-19-12)16-6-3-4-10(9)16;7-5-2-1-3-6(8)4-5;1-5(2,3)4/h5,7H,2-4,6,8H2,1H3;1-4H;1H3,(H2,2,3,4). The summed E-state index contributed by atoms with van der Waals surface area (Å²) in [5, 5.41) is 7.19. The lowest BCUT2D eigenvalue weighted by molar-refractivity contribution is -0.138. The van der Waals surface area contributed by atoms with E-state index in [1.54, 1.807) is 29.7 Å². The molecule has 8 nitrogen and oxygen atoms in total. The summed E-state index contributed by atoms with van der Waals surface area (Å²) < 4.78 is 36.8. The van der Waals surface area contributed by atoms with Gasteiger partial charge in [0.2, 0.25) is 10.0 Å². The van der Waals surface area contributed by atoms with E-state index in [9.17, 15) is 17.6 Å². The van der Waals surface area contributed by atoms with E-state index in [0.29, 0.717) is 18.7 Å². The summed E-state index contributed by atoms with van der Waals surface area (Å²) in [7, 11) is -3.17. The first-order chi connectivity index (χ1) is 15.1. The average molecular weight is 547 g/mol. The van der Waals surface area contributed by atoms with E-state index in [1.165, 1.54) is 12.1 Å². The van der Waals surface area contributed by atoms with Gasteiger partial charge in [0, 0.05) is 28.3 Å². The van der Waals surface area contributed by atoms with Gasteiger partial charge in [0.25, 0.3) is 0 Å². The highest BCUT2D eigenvalue weighted by atomic mass is 79.9. The molecule has 2 aromatic rings. The monoisotopic (exact) mass is 546 g/mol. The Bertz CT molecular complexity index is 1060. The number of primary sulfonamides is 1. The number of halogens is 2. The van der Waals surface area contributed by atoms with E-state index in [0.717, 1.165) is 46.7 Å². The number of hydrogen-bond donors (Lipinski definition) is 1. The first kappa shape index (κ1) is 26.1. The molecule has 0 unspecified atom stereocenters. The second-order valence-corrected chi connectivity index (χ2v) is 10.1.